The fraction of sp³-hybridized carbons (Fsp3) is 0.278. The summed E-state index contributed by atoms with van der Waals surface area (Å²) >= 11 is 0. The summed E-state index contributed by atoms with van der Waals surface area (Å²) in [7, 11) is 0. The van der Waals surface area contributed by atoms with Gasteiger partial charge in [-0.1, -0.05) is 24.3 Å². The Kier molecular flexibility index (Phi) is 5.39. The van der Waals surface area contributed by atoms with Crippen LogP contribution in [0.2, 0.25) is 0 Å². The summed E-state index contributed by atoms with van der Waals surface area (Å²) in [5.74, 6) is -0.682. The number of hydrogen-bond donors (Lipinski definition) is 3. The highest BCUT2D eigenvalue weighted by Gasteiger charge is 2.71. The predicted molar refractivity (Wildman–Crippen MR) is 90.7 cm³/mol. The van der Waals surface area contributed by atoms with E-state index in [0.717, 1.165) is 0 Å². The Balaban J connectivity index is 2.51. The number of nitrogens with two attached hydrogens (primary N) is 1. The zero-order chi connectivity index (χ0) is 21.5. The number of nitrogens with one attached hydrogen (secondary N) is 1. The van der Waals surface area contributed by atoms with E-state index in [0.29, 0.717) is 12.1 Å². The third kappa shape index (κ3) is 3.64. The molecule has 0 spiro atoms. The number of halogens is 6. The van der Waals surface area contributed by atoms with Crippen LogP contribution < -0.4 is 11.1 Å². The van der Waals surface area contributed by atoms with E-state index in [2.05, 4.69) is 5.32 Å². The molecular weight excluding hydrogens is 390 g/mol. The monoisotopic (exact) mass is 406 g/mol. The standard InChI is InChI=1S/C18H16F6N2O2/c1-9-7-11(16(28,17(19,20)21)18(22,23)24)8-10(2)14(9)26-15(27)12-5-3-4-6-13(12)25/h3-8,28H,25H2,1-2H3,(H,26,27). The molecular formula is C18H16F6N2O2. The number of para-hydroxylation sites is 1. The first-order chi connectivity index (χ1) is 12.7. The summed E-state index contributed by atoms with van der Waals surface area (Å²) in [5.41, 5.74) is -0.674. The number of carbonyl (C=O) groups is 1. The Morgan fingerprint density at radius 3 is 1.86 bits per heavy atom. The normalized spacial score (nSPS) is 12.8. The molecule has 4 nitrogen and oxygen atoms in total. The molecule has 0 saturated heterocycles. The second kappa shape index (κ2) is 7.01. The van der Waals surface area contributed by atoms with Crippen molar-refractivity contribution in [2.75, 3.05) is 11.1 Å². The van der Waals surface area contributed by atoms with Crippen LogP contribution in [0, 0.1) is 13.8 Å². The van der Waals surface area contributed by atoms with E-state index in [1.807, 2.05) is 0 Å². The van der Waals surface area contributed by atoms with Gasteiger partial charge < -0.3 is 16.2 Å². The molecule has 0 saturated carbocycles. The molecule has 0 aliphatic rings. The fourth-order valence-corrected chi connectivity index (χ4v) is 2.74. The molecule has 0 atom stereocenters. The molecule has 0 aliphatic heterocycles. The van der Waals surface area contributed by atoms with Gasteiger partial charge >= 0.3 is 12.4 Å². The summed E-state index contributed by atoms with van der Waals surface area (Å²) in [6, 6.07) is 7.09. The number of nitrogen functional groups attached to an aromatic ring is 1. The van der Waals surface area contributed by atoms with Gasteiger partial charge in [0.2, 0.25) is 0 Å². The quantitative estimate of drug-likeness (QED) is 0.521. The third-order valence-corrected chi connectivity index (χ3v) is 4.21. The highest BCUT2D eigenvalue weighted by atomic mass is 19.4. The van der Waals surface area contributed by atoms with E-state index >= 15 is 0 Å². The molecule has 0 radical (unpaired) electrons. The van der Waals surface area contributed by atoms with Crippen LogP contribution >= 0.6 is 0 Å². The number of hydrogen-bond acceptors (Lipinski definition) is 3. The van der Waals surface area contributed by atoms with Gasteiger partial charge in [0, 0.05) is 16.9 Å². The molecule has 0 aliphatic carbocycles. The van der Waals surface area contributed by atoms with Gasteiger partial charge in [0.25, 0.3) is 11.5 Å². The highest BCUT2D eigenvalue weighted by Crippen LogP contribution is 2.50. The lowest BCUT2D eigenvalue weighted by atomic mass is 9.89. The van der Waals surface area contributed by atoms with Crippen LogP contribution in [0.3, 0.4) is 0 Å². The number of anilines is 2. The second-order valence-corrected chi connectivity index (χ2v) is 6.23. The van der Waals surface area contributed by atoms with Crippen molar-refractivity contribution in [3.05, 3.63) is 58.7 Å². The smallest absolute Gasteiger partial charge is 0.398 e. The molecule has 0 unspecified atom stereocenters. The zero-order valence-electron chi connectivity index (χ0n) is 14.7. The van der Waals surface area contributed by atoms with Crippen molar-refractivity contribution in [2.45, 2.75) is 31.8 Å². The SMILES string of the molecule is Cc1cc(C(O)(C(F)(F)F)C(F)(F)F)cc(C)c1NC(=O)c1ccccc1N. The van der Waals surface area contributed by atoms with E-state index in [-0.39, 0.29) is 28.1 Å². The van der Waals surface area contributed by atoms with Gasteiger partial charge in [0.15, 0.2) is 0 Å². The van der Waals surface area contributed by atoms with Gasteiger partial charge in [-0.25, -0.2) is 0 Å². The fourth-order valence-electron chi connectivity index (χ4n) is 2.74. The molecule has 152 valence electrons. The van der Waals surface area contributed by atoms with Crippen molar-refractivity contribution >= 4 is 17.3 Å². The van der Waals surface area contributed by atoms with Gasteiger partial charge in [-0.3, -0.25) is 4.79 Å². The minimum absolute atomic E-state index is 0.0173. The van der Waals surface area contributed by atoms with Gasteiger partial charge in [0.05, 0.1) is 5.56 Å². The zero-order valence-corrected chi connectivity index (χ0v) is 14.7. The molecule has 0 fully saturated rings. The Morgan fingerprint density at radius 1 is 0.964 bits per heavy atom. The van der Waals surface area contributed by atoms with Gasteiger partial charge in [-0.2, -0.15) is 26.3 Å². The van der Waals surface area contributed by atoms with Gasteiger partial charge in [0.1, 0.15) is 0 Å². The number of amides is 1. The van der Waals surface area contributed by atoms with E-state index in [1.54, 1.807) is 12.1 Å². The maximum Gasteiger partial charge on any atom is 0.430 e. The number of aryl methyl sites for hydroxylation is 2. The van der Waals surface area contributed by atoms with Crippen LogP contribution in [-0.4, -0.2) is 23.4 Å². The van der Waals surface area contributed by atoms with Crippen LogP contribution in [0.15, 0.2) is 36.4 Å². The maximum atomic E-state index is 13.1. The lowest BCUT2D eigenvalue weighted by Crippen LogP contribution is -2.54. The lowest BCUT2D eigenvalue weighted by molar-refractivity contribution is -0.376. The lowest BCUT2D eigenvalue weighted by Gasteiger charge is -2.33. The average Bonchev–Trinajstić information content (AvgIpc) is 2.55. The molecule has 10 heteroatoms. The first-order valence-corrected chi connectivity index (χ1v) is 7.83. The largest absolute Gasteiger partial charge is 0.430 e. The highest BCUT2D eigenvalue weighted by molar-refractivity contribution is 6.08. The predicted octanol–water partition coefficient (Wildman–Crippen LogP) is 4.45. The van der Waals surface area contributed by atoms with Crippen molar-refractivity contribution in [3.8, 4) is 0 Å². The first kappa shape index (κ1) is 21.5. The molecule has 2 rings (SSSR count). The minimum atomic E-state index is -5.99. The number of carbonyl (C=O) groups excluding carboxylic acids is 1. The second-order valence-electron chi connectivity index (χ2n) is 6.23. The molecule has 28 heavy (non-hydrogen) atoms. The van der Waals surface area contributed by atoms with Crippen molar-refractivity contribution in [1.29, 1.82) is 0 Å². The Bertz CT molecular complexity index is 869. The number of alkyl halides is 6. The summed E-state index contributed by atoms with van der Waals surface area (Å²) in [4.78, 5) is 12.3. The van der Waals surface area contributed by atoms with E-state index in [9.17, 15) is 36.2 Å². The first-order valence-electron chi connectivity index (χ1n) is 7.83. The molecule has 1 amide bonds. The summed E-state index contributed by atoms with van der Waals surface area (Å²) < 4.78 is 78.4. The van der Waals surface area contributed by atoms with E-state index in [1.165, 1.54) is 26.0 Å². The molecule has 4 N–H and O–H groups in total. The Labute approximate surface area is 156 Å². The topological polar surface area (TPSA) is 75.3 Å². The van der Waals surface area contributed by atoms with Crippen LogP contribution in [0.1, 0.15) is 27.0 Å². The summed E-state index contributed by atoms with van der Waals surface area (Å²) in [6.07, 6.45) is -12.0. The molecule has 0 aromatic heterocycles. The Morgan fingerprint density at radius 2 is 1.43 bits per heavy atom. The van der Waals surface area contributed by atoms with Crippen LogP contribution in [-0.2, 0) is 5.60 Å². The van der Waals surface area contributed by atoms with Crippen molar-refractivity contribution < 1.29 is 36.2 Å². The van der Waals surface area contributed by atoms with Crippen LogP contribution in [0.25, 0.3) is 0 Å². The number of benzene rings is 2. The van der Waals surface area contributed by atoms with Crippen molar-refractivity contribution in [3.63, 3.8) is 0 Å². The Hall–Kier alpha value is -2.75. The maximum absolute atomic E-state index is 13.1. The van der Waals surface area contributed by atoms with Gasteiger partial charge in [-0.15, -0.1) is 0 Å². The molecule has 2 aromatic carbocycles. The summed E-state index contributed by atoms with van der Waals surface area (Å²) in [5, 5.41) is 12.0. The van der Waals surface area contributed by atoms with Crippen LogP contribution in [0.4, 0.5) is 37.7 Å². The van der Waals surface area contributed by atoms with Crippen molar-refractivity contribution in [1.82, 2.24) is 0 Å². The summed E-state index contributed by atoms with van der Waals surface area (Å²) in [6.45, 7) is 2.43. The molecule has 0 heterocycles. The number of aliphatic hydroxyl groups is 1. The average molecular weight is 406 g/mol. The third-order valence-electron chi connectivity index (χ3n) is 4.21. The minimum Gasteiger partial charge on any atom is -0.398 e. The number of rotatable bonds is 3. The van der Waals surface area contributed by atoms with Gasteiger partial charge in [-0.05, 0) is 37.1 Å². The van der Waals surface area contributed by atoms with E-state index in [4.69, 9.17) is 5.73 Å². The van der Waals surface area contributed by atoms with Crippen LogP contribution in [0.5, 0.6) is 0 Å². The molecule has 0 bridgehead atoms. The van der Waals surface area contributed by atoms with Crippen molar-refractivity contribution in [2.24, 2.45) is 0 Å². The molecule has 2 aromatic rings. The van der Waals surface area contributed by atoms with E-state index < -0.39 is 29.4 Å².